The van der Waals surface area contributed by atoms with Crippen LogP contribution in [0.25, 0.3) is 0 Å². The third-order valence-corrected chi connectivity index (χ3v) is 2.61. The number of hydrogen-bond donors (Lipinski definition) is 2. The molecule has 4 nitrogen and oxygen atoms in total. The Morgan fingerprint density at radius 3 is 2.75 bits per heavy atom. The number of hydrogen-bond acceptors (Lipinski definition) is 4. The smallest absolute Gasteiger partial charge is 0.237 e. The van der Waals surface area contributed by atoms with E-state index in [9.17, 15) is 4.79 Å². The lowest BCUT2D eigenvalue weighted by Crippen LogP contribution is -2.42. The number of rotatable bonds is 9. The number of carbonyl (C=O) groups excluding carboxylic acids is 1. The van der Waals surface area contributed by atoms with Crippen LogP contribution in [0.1, 0.15) is 20.3 Å². The summed E-state index contributed by atoms with van der Waals surface area (Å²) in [5, 5.41) is 2.77. The van der Waals surface area contributed by atoms with Crippen LogP contribution >= 0.6 is 11.8 Å². The summed E-state index contributed by atoms with van der Waals surface area (Å²) >= 11 is 1.70. The minimum Gasteiger partial charge on any atom is -0.379 e. The van der Waals surface area contributed by atoms with Gasteiger partial charge >= 0.3 is 0 Å². The summed E-state index contributed by atoms with van der Waals surface area (Å²) in [7, 11) is 0. The summed E-state index contributed by atoms with van der Waals surface area (Å²) in [5.74, 6) is 1.36. The first kappa shape index (κ1) is 15.7. The van der Waals surface area contributed by atoms with Crippen LogP contribution in [0, 0.1) is 5.92 Å². The van der Waals surface area contributed by atoms with Gasteiger partial charge in [-0.1, -0.05) is 13.8 Å². The lowest BCUT2D eigenvalue weighted by molar-refractivity contribution is -0.122. The molecular weight excluding hydrogens is 224 g/mol. The number of amides is 1. The number of ether oxygens (including phenoxy) is 1. The van der Waals surface area contributed by atoms with Crippen molar-refractivity contribution in [3.8, 4) is 0 Å². The zero-order valence-corrected chi connectivity index (χ0v) is 11.3. The summed E-state index contributed by atoms with van der Waals surface area (Å²) in [6.45, 7) is 6.01. The van der Waals surface area contributed by atoms with Crippen LogP contribution in [0.3, 0.4) is 0 Å². The Balaban J connectivity index is 3.42. The van der Waals surface area contributed by atoms with E-state index in [2.05, 4.69) is 19.2 Å². The second-order valence-corrected chi connectivity index (χ2v) is 5.13. The highest BCUT2D eigenvalue weighted by Gasteiger charge is 2.11. The van der Waals surface area contributed by atoms with Crippen LogP contribution in [0.15, 0.2) is 0 Å². The van der Waals surface area contributed by atoms with Gasteiger partial charge in [-0.2, -0.15) is 11.8 Å². The highest BCUT2D eigenvalue weighted by Crippen LogP contribution is 1.98. The minimum atomic E-state index is -0.391. The third kappa shape index (κ3) is 9.00. The fourth-order valence-electron chi connectivity index (χ4n) is 1.07. The molecule has 1 amide bonds. The summed E-state index contributed by atoms with van der Waals surface area (Å²) < 4.78 is 5.35. The van der Waals surface area contributed by atoms with Crippen LogP contribution in [0.5, 0.6) is 0 Å². The van der Waals surface area contributed by atoms with Crippen molar-refractivity contribution in [3.05, 3.63) is 0 Å². The number of thioether (sulfide) groups is 1. The first-order valence-electron chi connectivity index (χ1n) is 5.68. The molecule has 0 heterocycles. The lowest BCUT2D eigenvalue weighted by Gasteiger charge is -2.12. The Kier molecular flexibility index (Phi) is 9.77. The lowest BCUT2D eigenvalue weighted by atomic mass is 10.2. The van der Waals surface area contributed by atoms with Crippen molar-refractivity contribution in [2.45, 2.75) is 26.3 Å². The SMILES string of the molecule is CSCC[C@@H](N)C(=O)NCCOCC(C)C. The van der Waals surface area contributed by atoms with Gasteiger partial charge < -0.3 is 15.8 Å². The van der Waals surface area contributed by atoms with E-state index < -0.39 is 6.04 Å². The minimum absolute atomic E-state index is 0.0813. The van der Waals surface area contributed by atoms with E-state index in [4.69, 9.17) is 10.5 Å². The molecule has 5 heteroatoms. The van der Waals surface area contributed by atoms with Crippen molar-refractivity contribution < 1.29 is 9.53 Å². The molecular formula is C11H24N2O2S. The van der Waals surface area contributed by atoms with E-state index in [1.54, 1.807) is 11.8 Å². The van der Waals surface area contributed by atoms with Crippen molar-refractivity contribution in [2.75, 3.05) is 31.8 Å². The van der Waals surface area contributed by atoms with E-state index in [1.165, 1.54) is 0 Å². The molecule has 0 unspecified atom stereocenters. The molecule has 0 saturated heterocycles. The molecule has 0 fully saturated rings. The zero-order valence-electron chi connectivity index (χ0n) is 10.5. The van der Waals surface area contributed by atoms with Gasteiger partial charge in [-0.3, -0.25) is 4.79 Å². The predicted molar refractivity (Wildman–Crippen MR) is 69.6 cm³/mol. The largest absolute Gasteiger partial charge is 0.379 e. The molecule has 1 atom stereocenters. The van der Waals surface area contributed by atoms with Gasteiger partial charge in [-0.15, -0.1) is 0 Å². The fourth-order valence-corrected chi connectivity index (χ4v) is 1.56. The fraction of sp³-hybridized carbons (Fsp3) is 0.909. The first-order valence-corrected chi connectivity index (χ1v) is 7.07. The topological polar surface area (TPSA) is 64.4 Å². The molecule has 0 aliphatic carbocycles. The molecule has 0 aliphatic heterocycles. The van der Waals surface area contributed by atoms with Gasteiger partial charge in [0.2, 0.25) is 5.91 Å². The van der Waals surface area contributed by atoms with Crippen molar-refractivity contribution >= 4 is 17.7 Å². The molecule has 0 spiro atoms. The monoisotopic (exact) mass is 248 g/mol. The van der Waals surface area contributed by atoms with Crippen LogP contribution in [0.2, 0.25) is 0 Å². The molecule has 0 aromatic carbocycles. The molecule has 0 radical (unpaired) electrons. The van der Waals surface area contributed by atoms with E-state index in [0.717, 1.165) is 18.8 Å². The molecule has 3 N–H and O–H groups in total. The van der Waals surface area contributed by atoms with E-state index in [0.29, 0.717) is 19.1 Å². The number of carbonyl (C=O) groups is 1. The third-order valence-electron chi connectivity index (χ3n) is 1.97. The molecule has 0 aromatic rings. The Labute approximate surface area is 103 Å². The summed E-state index contributed by atoms with van der Waals surface area (Å²) in [4.78, 5) is 11.4. The maximum Gasteiger partial charge on any atom is 0.237 e. The Bertz CT molecular complexity index is 189. The average Bonchev–Trinajstić information content (AvgIpc) is 2.24. The standard InChI is InChI=1S/C11H24N2O2S/c1-9(2)8-15-6-5-13-11(14)10(12)4-7-16-3/h9-10H,4-8,12H2,1-3H3,(H,13,14)/t10-/m1/s1. The van der Waals surface area contributed by atoms with Crippen molar-refractivity contribution in [1.82, 2.24) is 5.32 Å². The quantitative estimate of drug-likeness (QED) is 0.594. The number of nitrogens with two attached hydrogens (primary N) is 1. The Morgan fingerprint density at radius 1 is 1.50 bits per heavy atom. The Morgan fingerprint density at radius 2 is 2.19 bits per heavy atom. The van der Waals surface area contributed by atoms with Gasteiger partial charge in [0, 0.05) is 13.2 Å². The van der Waals surface area contributed by atoms with Crippen molar-refractivity contribution in [3.63, 3.8) is 0 Å². The maximum absolute atomic E-state index is 11.4. The van der Waals surface area contributed by atoms with Gasteiger partial charge in [0.1, 0.15) is 0 Å². The van der Waals surface area contributed by atoms with Crippen LogP contribution in [-0.4, -0.2) is 43.7 Å². The Hall–Kier alpha value is -0.260. The summed E-state index contributed by atoms with van der Waals surface area (Å²) in [5.41, 5.74) is 5.70. The predicted octanol–water partition coefficient (Wildman–Crippen LogP) is 0.856. The van der Waals surface area contributed by atoms with Gasteiger partial charge in [0.05, 0.1) is 12.6 Å². The van der Waals surface area contributed by atoms with Gasteiger partial charge in [0.25, 0.3) is 0 Å². The summed E-state index contributed by atoms with van der Waals surface area (Å²) in [6.07, 6.45) is 2.73. The normalized spacial score (nSPS) is 12.8. The van der Waals surface area contributed by atoms with Gasteiger partial charge in [-0.05, 0) is 24.3 Å². The average molecular weight is 248 g/mol. The highest BCUT2D eigenvalue weighted by molar-refractivity contribution is 7.98. The molecule has 0 rings (SSSR count). The van der Waals surface area contributed by atoms with E-state index in [1.807, 2.05) is 6.26 Å². The highest BCUT2D eigenvalue weighted by atomic mass is 32.2. The summed E-state index contributed by atoms with van der Waals surface area (Å²) in [6, 6.07) is -0.391. The van der Waals surface area contributed by atoms with Crippen LogP contribution in [0.4, 0.5) is 0 Å². The second kappa shape index (κ2) is 9.93. The van der Waals surface area contributed by atoms with Gasteiger partial charge in [-0.25, -0.2) is 0 Å². The molecule has 0 saturated carbocycles. The molecule has 0 aromatic heterocycles. The van der Waals surface area contributed by atoms with Crippen LogP contribution in [-0.2, 0) is 9.53 Å². The van der Waals surface area contributed by atoms with Gasteiger partial charge in [0.15, 0.2) is 0 Å². The van der Waals surface area contributed by atoms with E-state index >= 15 is 0 Å². The number of nitrogens with one attached hydrogen (secondary N) is 1. The second-order valence-electron chi connectivity index (χ2n) is 4.15. The van der Waals surface area contributed by atoms with Crippen molar-refractivity contribution in [2.24, 2.45) is 11.7 Å². The van der Waals surface area contributed by atoms with Crippen molar-refractivity contribution in [1.29, 1.82) is 0 Å². The van der Waals surface area contributed by atoms with Crippen LogP contribution < -0.4 is 11.1 Å². The molecule has 16 heavy (non-hydrogen) atoms. The maximum atomic E-state index is 11.4. The van der Waals surface area contributed by atoms with E-state index in [-0.39, 0.29) is 5.91 Å². The zero-order chi connectivity index (χ0) is 12.4. The molecule has 0 bridgehead atoms. The molecule has 96 valence electrons. The molecule has 0 aliphatic rings. The first-order chi connectivity index (χ1) is 7.57.